The Morgan fingerprint density at radius 3 is 2.37 bits per heavy atom. The third-order valence-corrected chi connectivity index (χ3v) is 10.2. The third-order valence-electron chi connectivity index (χ3n) is 7.66. The van der Waals surface area contributed by atoms with Crippen LogP contribution < -0.4 is 0 Å². The molecule has 2 aliphatic rings. The normalized spacial score (nSPS) is 19.4. The Morgan fingerprint density at radius 1 is 1.09 bits per heavy atom. The SMILES string of the molecule is CC(C)N(C(C)C)P(OCCC#N)OC1(CCOOI)CCCN(C(=O)CCCCCN2C(=O)c3ccccc3C2=O)C1. The van der Waals surface area contributed by atoms with Crippen LogP contribution in [0.3, 0.4) is 0 Å². The van der Waals surface area contributed by atoms with Gasteiger partial charge in [0, 0.05) is 38.0 Å². The molecular weight excluding hydrogens is 686 g/mol. The predicted octanol–water partition coefficient (Wildman–Crippen LogP) is 6.19. The van der Waals surface area contributed by atoms with Gasteiger partial charge in [0.1, 0.15) is 0 Å². The van der Waals surface area contributed by atoms with Crippen LogP contribution in [0.15, 0.2) is 24.3 Å². The van der Waals surface area contributed by atoms with Crippen LogP contribution in [0.4, 0.5) is 0 Å². The summed E-state index contributed by atoms with van der Waals surface area (Å²) in [6.45, 7) is 10.3. The molecule has 238 valence electrons. The van der Waals surface area contributed by atoms with Crippen LogP contribution in [-0.2, 0) is 21.9 Å². The van der Waals surface area contributed by atoms with Gasteiger partial charge < -0.3 is 13.9 Å². The molecule has 2 unspecified atom stereocenters. The molecule has 2 heterocycles. The Bertz CT molecular complexity index is 1090. The molecule has 0 aromatic heterocycles. The molecule has 0 saturated carbocycles. The Kier molecular flexibility index (Phi) is 14.7. The van der Waals surface area contributed by atoms with Crippen LogP contribution in [0.25, 0.3) is 0 Å². The minimum atomic E-state index is -1.50. The zero-order chi connectivity index (χ0) is 31.4. The first kappa shape index (κ1) is 35.8. The summed E-state index contributed by atoms with van der Waals surface area (Å²) in [7, 11) is -1.50. The number of carbonyl (C=O) groups excluding carboxylic acids is 3. The molecule has 2 atom stereocenters. The molecule has 0 spiro atoms. The first-order valence-corrected chi connectivity index (χ1v) is 17.1. The van der Waals surface area contributed by atoms with E-state index in [0.717, 1.165) is 19.3 Å². The highest BCUT2D eigenvalue weighted by Gasteiger charge is 2.43. The van der Waals surface area contributed by atoms with Crippen molar-refractivity contribution in [2.45, 2.75) is 96.7 Å². The highest BCUT2D eigenvalue weighted by molar-refractivity contribution is 14.1. The largest absolute Gasteiger partial charge is 0.340 e. The zero-order valence-electron chi connectivity index (χ0n) is 25.6. The molecule has 0 aliphatic carbocycles. The first-order valence-electron chi connectivity index (χ1n) is 15.0. The van der Waals surface area contributed by atoms with Gasteiger partial charge in [-0.3, -0.25) is 19.3 Å². The number of benzene rings is 1. The number of imide groups is 1. The lowest BCUT2D eigenvalue weighted by Gasteiger charge is -2.46. The van der Waals surface area contributed by atoms with Gasteiger partial charge in [0.05, 0.1) is 49.0 Å². The molecular formula is C30H44IN4O7P. The standard InChI is InChI=1S/C30H44IN4O7P/c1-23(2)35(24(3)4)43(40-20-11-17-32)41-30(16-21-39-42-31)15-10-18-33(22-30)27(36)14-6-5-9-19-34-28(37)25-12-7-8-13-26(25)29(34)38/h7-8,12-13,23-24H,5-6,9-11,14-16,18-22H2,1-4H3. The molecule has 0 radical (unpaired) electrons. The van der Waals surface area contributed by atoms with Gasteiger partial charge in [0.15, 0.2) is 23.0 Å². The van der Waals surface area contributed by atoms with Gasteiger partial charge >= 0.3 is 0 Å². The quantitative estimate of drug-likeness (QED) is 0.0435. The van der Waals surface area contributed by atoms with Crippen molar-refractivity contribution in [2.24, 2.45) is 0 Å². The number of rotatable bonds is 18. The summed E-state index contributed by atoms with van der Waals surface area (Å²) < 4.78 is 20.0. The Balaban J connectivity index is 1.59. The zero-order valence-corrected chi connectivity index (χ0v) is 28.7. The minimum absolute atomic E-state index is 0.0544. The molecule has 43 heavy (non-hydrogen) atoms. The molecule has 1 fully saturated rings. The second-order valence-electron chi connectivity index (χ2n) is 11.5. The van der Waals surface area contributed by atoms with Gasteiger partial charge in [-0.25, -0.2) is 9.56 Å². The van der Waals surface area contributed by atoms with E-state index in [2.05, 4.69) is 38.4 Å². The molecule has 2 aliphatic heterocycles. The van der Waals surface area contributed by atoms with Crippen molar-refractivity contribution in [2.75, 3.05) is 32.8 Å². The Labute approximate surface area is 270 Å². The molecule has 1 saturated heterocycles. The van der Waals surface area contributed by atoms with Crippen molar-refractivity contribution in [1.82, 2.24) is 14.5 Å². The second-order valence-corrected chi connectivity index (χ2v) is 13.2. The molecule has 0 N–H and O–H groups in total. The summed E-state index contributed by atoms with van der Waals surface area (Å²) in [6.07, 6.45) is 4.72. The van der Waals surface area contributed by atoms with E-state index >= 15 is 0 Å². The van der Waals surface area contributed by atoms with E-state index in [4.69, 9.17) is 22.4 Å². The minimum Gasteiger partial charge on any atom is -0.340 e. The van der Waals surface area contributed by atoms with Crippen LogP contribution in [0.2, 0.25) is 0 Å². The van der Waals surface area contributed by atoms with Crippen LogP contribution in [0, 0.1) is 11.3 Å². The highest BCUT2D eigenvalue weighted by Crippen LogP contribution is 2.51. The summed E-state index contributed by atoms with van der Waals surface area (Å²) in [4.78, 5) is 47.0. The van der Waals surface area contributed by atoms with Crippen molar-refractivity contribution in [3.05, 3.63) is 35.4 Å². The topological polar surface area (TPSA) is 122 Å². The first-order chi connectivity index (χ1) is 20.6. The number of hydrogen-bond acceptors (Lipinski definition) is 9. The van der Waals surface area contributed by atoms with E-state index in [0.29, 0.717) is 63.1 Å². The Hall–Kier alpha value is -1.72. The molecule has 3 amide bonds. The number of carbonyl (C=O) groups is 3. The van der Waals surface area contributed by atoms with Gasteiger partial charge in [0.2, 0.25) is 5.91 Å². The van der Waals surface area contributed by atoms with Crippen LogP contribution in [0.1, 0.15) is 99.8 Å². The van der Waals surface area contributed by atoms with Crippen LogP contribution >= 0.6 is 31.5 Å². The number of hydrogen-bond donors (Lipinski definition) is 0. The number of unbranched alkanes of at least 4 members (excludes halogenated alkanes) is 2. The van der Waals surface area contributed by atoms with E-state index < -0.39 is 14.1 Å². The van der Waals surface area contributed by atoms with E-state index in [1.165, 1.54) is 4.90 Å². The fourth-order valence-corrected chi connectivity index (χ4v) is 7.70. The van der Waals surface area contributed by atoms with E-state index in [9.17, 15) is 14.4 Å². The van der Waals surface area contributed by atoms with Crippen LogP contribution in [-0.4, -0.2) is 82.7 Å². The maximum Gasteiger partial charge on any atom is 0.261 e. The lowest BCUT2D eigenvalue weighted by atomic mass is 9.89. The average molecular weight is 731 g/mol. The number of amides is 3. The van der Waals surface area contributed by atoms with E-state index in [-0.39, 0.29) is 42.8 Å². The van der Waals surface area contributed by atoms with E-state index in [1.807, 2.05) is 4.90 Å². The van der Waals surface area contributed by atoms with Crippen molar-refractivity contribution < 1.29 is 31.5 Å². The molecule has 11 nitrogen and oxygen atoms in total. The van der Waals surface area contributed by atoms with Crippen molar-refractivity contribution in [3.8, 4) is 6.07 Å². The molecule has 1 aromatic carbocycles. The van der Waals surface area contributed by atoms with Crippen molar-refractivity contribution in [3.63, 3.8) is 0 Å². The van der Waals surface area contributed by atoms with Crippen molar-refractivity contribution in [1.29, 1.82) is 5.26 Å². The van der Waals surface area contributed by atoms with Crippen molar-refractivity contribution >= 4 is 49.3 Å². The Morgan fingerprint density at radius 2 is 1.77 bits per heavy atom. The van der Waals surface area contributed by atoms with Gasteiger partial charge in [-0.05, 0) is 65.5 Å². The lowest BCUT2D eigenvalue weighted by Crippen LogP contribution is -2.52. The summed E-state index contributed by atoms with van der Waals surface area (Å²) >= 11 is 1.69. The van der Waals surface area contributed by atoms with Gasteiger partial charge in [-0.15, -0.1) is 0 Å². The third kappa shape index (κ3) is 9.88. The number of piperidine rings is 1. The van der Waals surface area contributed by atoms with Gasteiger partial charge in [-0.2, -0.15) is 8.48 Å². The number of nitrogens with zero attached hydrogens (tertiary/aromatic N) is 4. The van der Waals surface area contributed by atoms with E-state index in [1.54, 1.807) is 47.3 Å². The molecule has 3 rings (SSSR count). The summed E-state index contributed by atoms with van der Waals surface area (Å²) in [6, 6.07) is 9.33. The van der Waals surface area contributed by atoms with Gasteiger partial charge in [0.25, 0.3) is 20.3 Å². The molecule has 0 bridgehead atoms. The monoisotopic (exact) mass is 730 g/mol. The maximum absolute atomic E-state index is 13.4. The van der Waals surface area contributed by atoms with Gasteiger partial charge in [-0.1, -0.05) is 18.6 Å². The average Bonchev–Trinajstić information content (AvgIpc) is 3.21. The number of nitriles is 1. The summed E-state index contributed by atoms with van der Waals surface area (Å²) in [5.74, 6) is -0.439. The number of halogens is 1. The number of fused-ring (bicyclic) bond motifs is 1. The molecule has 13 heteroatoms. The smallest absolute Gasteiger partial charge is 0.261 e. The second kappa shape index (κ2) is 17.7. The molecule has 1 aromatic rings. The lowest BCUT2D eigenvalue weighted by molar-refractivity contribution is -0.180. The summed E-state index contributed by atoms with van der Waals surface area (Å²) in [5, 5.41) is 9.08. The number of likely N-dealkylation sites (tertiary alicyclic amines) is 1. The predicted molar refractivity (Wildman–Crippen MR) is 171 cm³/mol. The fraction of sp³-hybridized carbons (Fsp3) is 0.667. The summed E-state index contributed by atoms with van der Waals surface area (Å²) in [5.41, 5.74) is 0.227. The van der Waals surface area contributed by atoms with Crippen LogP contribution in [0.5, 0.6) is 0 Å². The highest BCUT2D eigenvalue weighted by atomic mass is 127. The maximum atomic E-state index is 13.4. The fourth-order valence-electron chi connectivity index (χ4n) is 5.67.